The lowest BCUT2D eigenvalue weighted by Crippen LogP contribution is -2.20. The number of carbonyl (C=O) groups excluding carboxylic acids is 1. The molecule has 0 atom stereocenters. The van der Waals surface area contributed by atoms with Crippen LogP contribution in [0.2, 0.25) is 0 Å². The van der Waals surface area contributed by atoms with Gasteiger partial charge in [0.25, 0.3) is 5.91 Å². The summed E-state index contributed by atoms with van der Waals surface area (Å²) >= 11 is 3.31. The Morgan fingerprint density at radius 2 is 1.68 bits per heavy atom. The number of ether oxygens (including phenoxy) is 1. The van der Waals surface area contributed by atoms with Gasteiger partial charge in [0, 0.05) is 16.4 Å². The molecule has 2 rings (SSSR count). The molecular weight excluding hydrogens is 370 g/mol. The van der Waals surface area contributed by atoms with E-state index in [9.17, 15) is 13.2 Å². The smallest absolute Gasteiger partial charge is 0.262 e. The number of halogens is 1. The van der Waals surface area contributed by atoms with Crippen LogP contribution in [0.25, 0.3) is 0 Å². The first-order valence-electron chi connectivity index (χ1n) is 6.33. The van der Waals surface area contributed by atoms with Crippen molar-refractivity contribution in [1.29, 1.82) is 0 Å². The van der Waals surface area contributed by atoms with Crippen molar-refractivity contribution >= 4 is 37.4 Å². The van der Waals surface area contributed by atoms with E-state index in [2.05, 4.69) is 21.2 Å². The van der Waals surface area contributed by atoms with Gasteiger partial charge in [-0.05, 0) is 48.5 Å². The van der Waals surface area contributed by atoms with E-state index >= 15 is 0 Å². The van der Waals surface area contributed by atoms with Crippen molar-refractivity contribution in [3.05, 3.63) is 53.0 Å². The SMILES string of the molecule is CS(=O)(=O)c1ccc(NC(=O)COc2ccc(Br)cc2)cc1. The van der Waals surface area contributed by atoms with Crippen LogP contribution < -0.4 is 10.1 Å². The zero-order chi connectivity index (χ0) is 16.2. The average Bonchev–Trinajstić information content (AvgIpc) is 2.46. The Bertz CT molecular complexity index is 755. The predicted molar refractivity (Wildman–Crippen MR) is 87.8 cm³/mol. The maximum atomic E-state index is 11.8. The third-order valence-corrected chi connectivity index (χ3v) is 4.41. The van der Waals surface area contributed by atoms with Crippen molar-refractivity contribution in [2.24, 2.45) is 0 Å². The van der Waals surface area contributed by atoms with E-state index in [1.54, 1.807) is 12.1 Å². The van der Waals surface area contributed by atoms with E-state index in [0.717, 1.165) is 10.7 Å². The van der Waals surface area contributed by atoms with Crippen molar-refractivity contribution in [2.45, 2.75) is 4.90 Å². The van der Waals surface area contributed by atoms with E-state index in [-0.39, 0.29) is 17.4 Å². The van der Waals surface area contributed by atoms with E-state index in [1.165, 1.54) is 24.3 Å². The zero-order valence-corrected chi connectivity index (χ0v) is 14.1. The predicted octanol–water partition coefficient (Wildman–Crippen LogP) is 2.87. The number of rotatable bonds is 5. The highest BCUT2D eigenvalue weighted by Crippen LogP contribution is 2.16. The highest BCUT2D eigenvalue weighted by molar-refractivity contribution is 9.10. The molecule has 0 aliphatic rings. The molecule has 2 aromatic rings. The van der Waals surface area contributed by atoms with Crippen molar-refractivity contribution in [2.75, 3.05) is 18.2 Å². The number of nitrogens with one attached hydrogen (secondary N) is 1. The van der Waals surface area contributed by atoms with Crippen molar-refractivity contribution < 1.29 is 17.9 Å². The monoisotopic (exact) mass is 383 g/mol. The first-order valence-corrected chi connectivity index (χ1v) is 9.01. The summed E-state index contributed by atoms with van der Waals surface area (Å²) in [6.45, 7) is -0.130. The number of carbonyl (C=O) groups is 1. The average molecular weight is 384 g/mol. The Hall–Kier alpha value is -1.86. The van der Waals surface area contributed by atoms with Crippen LogP contribution in [-0.2, 0) is 14.6 Å². The van der Waals surface area contributed by atoms with E-state index < -0.39 is 9.84 Å². The molecule has 7 heteroatoms. The van der Waals surface area contributed by atoms with Gasteiger partial charge in [-0.1, -0.05) is 15.9 Å². The van der Waals surface area contributed by atoms with Gasteiger partial charge in [-0.15, -0.1) is 0 Å². The number of hydrogen-bond donors (Lipinski definition) is 1. The Balaban J connectivity index is 1.90. The molecule has 0 saturated heterocycles. The van der Waals surface area contributed by atoms with Crippen LogP contribution in [0.4, 0.5) is 5.69 Å². The molecular formula is C15H14BrNO4S. The topological polar surface area (TPSA) is 72.5 Å². The molecule has 0 saturated carbocycles. The molecule has 0 heterocycles. The minimum atomic E-state index is -3.24. The molecule has 0 unspecified atom stereocenters. The Kier molecular flexibility index (Phi) is 5.20. The van der Waals surface area contributed by atoms with Gasteiger partial charge in [-0.2, -0.15) is 0 Å². The molecule has 0 fully saturated rings. The molecule has 0 bridgehead atoms. The first kappa shape index (κ1) is 16.5. The Labute approximate surface area is 137 Å². The van der Waals surface area contributed by atoms with Crippen LogP contribution in [0.3, 0.4) is 0 Å². The maximum absolute atomic E-state index is 11.8. The molecule has 22 heavy (non-hydrogen) atoms. The van der Waals surface area contributed by atoms with Gasteiger partial charge in [0.1, 0.15) is 5.75 Å². The summed E-state index contributed by atoms with van der Waals surface area (Å²) in [7, 11) is -3.24. The zero-order valence-electron chi connectivity index (χ0n) is 11.7. The number of benzene rings is 2. The van der Waals surface area contributed by atoms with Gasteiger partial charge in [-0.3, -0.25) is 4.79 Å². The largest absolute Gasteiger partial charge is 0.484 e. The molecule has 5 nitrogen and oxygen atoms in total. The summed E-state index contributed by atoms with van der Waals surface area (Å²) in [5.74, 6) is 0.265. The molecule has 0 aliphatic heterocycles. The van der Waals surface area contributed by atoms with Gasteiger partial charge in [0.2, 0.25) is 0 Å². The van der Waals surface area contributed by atoms with E-state index in [1.807, 2.05) is 12.1 Å². The lowest BCUT2D eigenvalue weighted by atomic mass is 10.3. The van der Waals surface area contributed by atoms with Crippen molar-refractivity contribution in [3.63, 3.8) is 0 Å². The van der Waals surface area contributed by atoms with Gasteiger partial charge in [0.15, 0.2) is 16.4 Å². The van der Waals surface area contributed by atoms with Crippen LogP contribution in [0.1, 0.15) is 0 Å². The van der Waals surface area contributed by atoms with Crippen LogP contribution in [0, 0.1) is 0 Å². The molecule has 1 amide bonds. The Morgan fingerprint density at radius 1 is 1.09 bits per heavy atom. The third-order valence-electron chi connectivity index (χ3n) is 2.75. The summed E-state index contributed by atoms with van der Waals surface area (Å²) < 4.78 is 28.9. The number of anilines is 1. The summed E-state index contributed by atoms with van der Waals surface area (Å²) in [4.78, 5) is 12.0. The third kappa shape index (κ3) is 4.85. The molecule has 1 N–H and O–H groups in total. The summed E-state index contributed by atoms with van der Waals surface area (Å²) in [5, 5.41) is 2.63. The van der Waals surface area contributed by atoms with Crippen LogP contribution in [0.5, 0.6) is 5.75 Å². The fourth-order valence-corrected chi connectivity index (χ4v) is 2.56. The second-order valence-electron chi connectivity index (χ2n) is 4.59. The normalized spacial score (nSPS) is 11.0. The molecule has 0 spiro atoms. The second-order valence-corrected chi connectivity index (χ2v) is 7.52. The number of amides is 1. The fraction of sp³-hybridized carbons (Fsp3) is 0.133. The van der Waals surface area contributed by atoms with Gasteiger partial charge >= 0.3 is 0 Å². The van der Waals surface area contributed by atoms with Gasteiger partial charge in [0.05, 0.1) is 4.90 Å². The lowest BCUT2D eigenvalue weighted by Gasteiger charge is -2.08. The Morgan fingerprint density at radius 3 is 2.23 bits per heavy atom. The van der Waals surface area contributed by atoms with Crippen LogP contribution in [0.15, 0.2) is 57.9 Å². The van der Waals surface area contributed by atoms with E-state index in [0.29, 0.717) is 11.4 Å². The van der Waals surface area contributed by atoms with Gasteiger partial charge in [-0.25, -0.2) is 8.42 Å². The minimum absolute atomic E-state index is 0.130. The summed E-state index contributed by atoms with van der Waals surface area (Å²) in [6, 6.07) is 13.1. The molecule has 2 aromatic carbocycles. The minimum Gasteiger partial charge on any atom is -0.484 e. The van der Waals surface area contributed by atoms with Gasteiger partial charge < -0.3 is 10.1 Å². The van der Waals surface area contributed by atoms with Crippen molar-refractivity contribution in [3.8, 4) is 5.75 Å². The second kappa shape index (κ2) is 6.93. The molecule has 0 aromatic heterocycles. The first-order chi connectivity index (χ1) is 10.3. The number of hydrogen-bond acceptors (Lipinski definition) is 4. The van der Waals surface area contributed by atoms with Crippen LogP contribution >= 0.6 is 15.9 Å². The highest BCUT2D eigenvalue weighted by atomic mass is 79.9. The maximum Gasteiger partial charge on any atom is 0.262 e. The quantitative estimate of drug-likeness (QED) is 0.861. The van der Waals surface area contributed by atoms with E-state index in [4.69, 9.17) is 4.74 Å². The summed E-state index contributed by atoms with van der Waals surface area (Å²) in [6.07, 6.45) is 1.13. The fourth-order valence-electron chi connectivity index (χ4n) is 1.66. The molecule has 0 radical (unpaired) electrons. The highest BCUT2D eigenvalue weighted by Gasteiger charge is 2.08. The van der Waals surface area contributed by atoms with Crippen LogP contribution in [-0.4, -0.2) is 27.2 Å². The standard InChI is InChI=1S/C15H14BrNO4S/c1-22(19,20)14-8-4-12(5-9-14)17-15(18)10-21-13-6-2-11(16)3-7-13/h2-9H,10H2,1H3,(H,17,18). The number of sulfone groups is 1. The lowest BCUT2D eigenvalue weighted by molar-refractivity contribution is -0.118. The molecule has 116 valence electrons. The molecule has 0 aliphatic carbocycles. The van der Waals surface area contributed by atoms with Crippen molar-refractivity contribution in [1.82, 2.24) is 0 Å². The summed E-state index contributed by atoms with van der Waals surface area (Å²) in [5.41, 5.74) is 0.511.